The van der Waals surface area contributed by atoms with Crippen LogP contribution in [0.15, 0.2) is 12.1 Å². The van der Waals surface area contributed by atoms with Crippen LogP contribution in [0.5, 0.6) is 0 Å². The highest BCUT2D eigenvalue weighted by Crippen LogP contribution is 2.38. The maximum Gasteiger partial charge on any atom is 0.494 e. The molecule has 8 heteroatoms. The van der Waals surface area contributed by atoms with Crippen molar-refractivity contribution in [3.63, 3.8) is 0 Å². The number of carbonyl (C=O) groups is 1. The molecule has 0 spiro atoms. The Balaban J connectivity index is 1.87. The highest BCUT2D eigenvalue weighted by atomic mass is 16.7. The van der Waals surface area contributed by atoms with Crippen molar-refractivity contribution in [3.05, 3.63) is 23.3 Å². The van der Waals surface area contributed by atoms with Gasteiger partial charge < -0.3 is 29.0 Å². The first-order valence-electron chi connectivity index (χ1n) is 12.6. The normalized spacial score (nSPS) is 24.0. The Hall–Kier alpha value is -1.61. The fourth-order valence-electron chi connectivity index (χ4n) is 5.21. The second-order valence-electron chi connectivity index (χ2n) is 10.8. The molecule has 190 valence electrons. The van der Waals surface area contributed by atoms with Crippen molar-refractivity contribution in [3.8, 4) is 0 Å². The van der Waals surface area contributed by atoms with E-state index >= 15 is 0 Å². The minimum atomic E-state index is -0.920. The van der Waals surface area contributed by atoms with Crippen molar-refractivity contribution in [1.82, 2.24) is 4.90 Å². The lowest BCUT2D eigenvalue weighted by Crippen LogP contribution is -2.44. The maximum absolute atomic E-state index is 12.2. The topological polar surface area (TPSA) is 71.5 Å². The minimum Gasteiger partial charge on any atom is -0.478 e. The van der Waals surface area contributed by atoms with Crippen molar-refractivity contribution < 1.29 is 23.9 Å². The molecule has 1 aliphatic carbocycles. The molecule has 3 rings (SSSR count). The van der Waals surface area contributed by atoms with Crippen LogP contribution in [0.3, 0.4) is 0 Å². The molecule has 2 fully saturated rings. The average molecular weight is 474 g/mol. The summed E-state index contributed by atoms with van der Waals surface area (Å²) in [5, 5.41) is 9.98. The van der Waals surface area contributed by atoms with Crippen LogP contribution in [-0.4, -0.2) is 80.2 Å². The number of methoxy groups -OCH3 is 1. The Morgan fingerprint density at radius 2 is 1.68 bits per heavy atom. The number of anilines is 1. The SMILES string of the molecule is CCN(c1cc(B2OC(C)(C)C(C)(C)O2)cc(C(=O)O)c1C)C1CCC(N(C)CCOC)CC1. The van der Waals surface area contributed by atoms with E-state index in [-0.39, 0.29) is 0 Å². The summed E-state index contributed by atoms with van der Waals surface area (Å²) in [5.41, 5.74) is 1.89. The van der Waals surface area contributed by atoms with E-state index in [0.29, 0.717) is 17.6 Å². The third-order valence-electron chi connectivity index (χ3n) is 8.19. The van der Waals surface area contributed by atoms with Gasteiger partial charge in [0.05, 0.1) is 23.4 Å². The van der Waals surface area contributed by atoms with Crippen LogP contribution in [0.25, 0.3) is 0 Å². The van der Waals surface area contributed by atoms with Gasteiger partial charge in [0.2, 0.25) is 0 Å². The van der Waals surface area contributed by atoms with Gasteiger partial charge in [-0.2, -0.15) is 0 Å². The molecule has 0 atom stereocenters. The lowest BCUT2D eigenvalue weighted by Gasteiger charge is -2.41. The van der Waals surface area contributed by atoms with E-state index in [1.807, 2.05) is 34.6 Å². The second kappa shape index (κ2) is 10.6. The van der Waals surface area contributed by atoms with E-state index < -0.39 is 24.3 Å². The Morgan fingerprint density at radius 1 is 1.12 bits per heavy atom. The number of hydrogen-bond acceptors (Lipinski definition) is 6. The number of carboxylic acids is 1. The molecule has 0 bridgehead atoms. The van der Waals surface area contributed by atoms with Crippen molar-refractivity contribution >= 4 is 24.2 Å². The average Bonchev–Trinajstić information content (AvgIpc) is 3.00. The fraction of sp³-hybridized carbons (Fsp3) is 0.731. The molecular formula is C26H43BN2O5. The summed E-state index contributed by atoms with van der Waals surface area (Å²) in [7, 11) is 3.33. The molecule has 1 N–H and O–H groups in total. The Bertz CT molecular complexity index is 851. The zero-order valence-corrected chi connectivity index (χ0v) is 22.3. The predicted molar refractivity (Wildman–Crippen MR) is 137 cm³/mol. The summed E-state index contributed by atoms with van der Waals surface area (Å²) in [5.74, 6) is -0.920. The van der Waals surface area contributed by atoms with Gasteiger partial charge in [-0.1, -0.05) is 0 Å². The third kappa shape index (κ3) is 5.45. The number of hydrogen-bond donors (Lipinski definition) is 1. The highest BCUT2D eigenvalue weighted by Gasteiger charge is 2.52. The third-order valence-corrected chi connectivity index (χ3v) is 8.19. The molecule has 1 aromatic carbocycles. The largest absolute Gasteiger partial charge is 0.494 e. The highest BCUT2D eigenvalue weighted by molar-refractivity contribution is 6.62. The monoisotopic (exact) mass is 474 g/mol. The van der Waals surface area contributed by atoms with Gasteiger partial charge >= 0.3 is 13.1 Å². The van der Waals surface area contributed by atoms with Gasteiger partial charge in [0.1, 0.15) is 0 Å². The molecule has 1 aromatic rings. The molecule has 2 aliphatic rings. The van der Waals surface area contributed by atoms with Gasteiger partial charge in [0, 0.05) is 38.0 Å². The molecule has 1 saturated heterocycles. The molecule has 1 aliphatic heterocycles. The van der Waals surface area contributed by atoms with Gasteiger partial charge in [0.15, 0.2) is 0 Å². The molecule has 1 heterocycles. The van der Waals surface area contributed by atoms with E-state index in [1.165, 1.54) is 0 Å². The molecule has 34 heavy (non-hydrogen) atoms. The zero-order chi connectivity index (χ0) is 25.3. The minimum absolute atomic E-state index is 0.314. The first-order chi connectivity index (χ1) is 15.9. The number of likely N-dealkylation sites (N-methyl/N-ethyl adjacent to an activating group) is 1. The van der Waals surface area contributed by atoms with E-state index in [2.05, 4.69) is 29.8 Å². The van der Waals surface area contributed by atoms with E-state index in [4.69, 9.17) is 14.0 Å². The molecule has 0 unspecified atom stereocenters. The molecule has 0 aromatic heterocycles. The summed E-state index contributed by atoms with van der Waals surface area (Å²) in [4.78, 5) is 17.0. The van der Waals surface area contributed by atoms with Crippen LogP contribution in [0.2, 0.25) is 0 Å². The first kappa shape index (κ1) is 27.0. The van der Waals surface area contributed by atoms with Gasteiger partial charge in [-0.05, 0) is 97.4 Å². The van der Waals surface area contributed by atoms with Crippen molar-refractivity contribution in [2.24, 2.45) is 0 Å². The Labute approximate surface area is 205 Å². The quantitative estimate of drug-likeness (QED) is 0.547. The maximum atomic E-state index is 12.2. The van der Waals surface area contributed by atoms with Crippen LogP contribution in [0, 0.1) is 6.92 Å². The van der Waals surface area contributed by atoms with Crippen LogP contribution < -0.4 is 10.4 Å². The second-order valence-corrected chi connectivity index (χ2v) is 10.8. The van der Waals surface area contributed by atoms with Crippen molar-refractivity contribution in [1.29, 1.82) is 0 Å². The number of carboxylic acid groups (broad SMARTS) is 1. The number of nitrogens with zero attached hydrogens (tertiary/aromatic N) is 2. The van der Waals surface area contributed by atoms with Gasteiger partial charge in [0.25, 0.3) is 0 Å². The Morgan fingerprint density at radius 3 is 2.18 bits per heavy atom. The van der Waals surface area contributed by atoms with Crippen LogP contribution in [-0.2, 0) is 14.0 Å². The molecule has 1 saturated carbocycles. The van der Waals surface area contributed by atoms with E-state index in [1.54, 1.807) is 13.2 Å². The number of benzene rings is 1. The van der Waals surface area contributed by atoms with Gasteiger partial charge in [-0.25, -0.2) is 4.79 Å². The van der Waals surface area contributed by atoms with E-state index in [9.17, 15) is 9.90 Å². The summed E-state index contributed by atoms with van der Waals surface area (Å²) in [6, 6.07) is 4.76. The molecule has 0 amide bonds. The summed E-state index contributed by atoms with van der Waals surface area (Å²) in [6.45, 7) is 14.6. The Kier molecular flexibility index (Phi) is 8.39. The fourth-order valence-corrected chi connectivity index (χ4v) is 5.21. The summed E-state index contributed by atoms with van der Waals surface area (Å²) in [6.07, 6.45) is 4.42. The zero-order valence-electron chi connectivity index (χ0n) is 22.3. The number of aromatic carboxylic acids is 1. The lowest BCUT2D eigenvalue weighted by molar-refractivity contribution is 0.00578. The van der Waals surface area contributed by atoms with Crippen LogP contribution in [0.4, 0.5) is 5.69 Å². The van der Waals surface area contributed by atoms with Crippen LogP contribution >= 0.6 is 0 Å². The van der Waals surface area contributed by atoms with Gasteiger partial charge in [-0.15, -0.1) is 0 Å². The first-order valence-corrected chi connectivity index (χ1v) is 12.6. The number of rotatable bonds is 9. The summed E-state index contributed by atoms with van der Waals surface area (Å²) >= 11 is 0. The lowest BCUT2D eigenvalue weighted by atomic mass is 9.77. The van der Waals surface area contributed by atoms with E-state index in [0.717, 1.165) is 62.1 Å². The van der Waals surface area contributed by atoms with Gasteiger partial charge in [-0.3, -0.25) is 0 Å². The predicted octanol–water partition coefficient (Wildman–Crippen LogP) is 3.71. The molecule has 7 nitrogen and oxygen atoms in total. The molecular weight excluding hydrogens is 431 g/mol. The number of ether oxygens (including phenoxy) is 1. The van der Waals surface area contributed by atoms with Crippen molar-refractivity contribution in [2.75, 3.05) is 38.8 Å². The van der Waals surface area contributed by atoms with Crippen molar-refractivity contribution in [2.45, 2.75) is 90.5 Å². The van der Waals surface area contributed by atoms with Crippen LogP contribution in [0.1, 0.15) is 76.2 Å². The standard InChI is InChI=1S/C26H43BN2O5/c1-9-29(21-12-10-20(11-13-21)28(7)14-15-32-8)23-17-19(16-22(18(23)2)24(30)31)27-33-25(3,4)26(5,6)34-27/h16-17,20-21H,9-15H2,1-8H3,(H,30,31). The molecule has 0 radical (unpaired) electrons. The smallest absolute Gasteiger partial charge is 0.478 e. The summed E-state index contributed by atoms with van der Waals surface area (Å²) < 4.78 is 17.8.